The number of ether oxygens (including phenoxy) is 1. The first-order valence-electron chi connectivity index (χ1n) is 3.50. The summed E-state index contributed by atoms with van der Waals surface area (Å²) in [6, 6.07) is 0. The van der Waals surface area contributed by atoms with Crippen LogP contribution in [0.4, 0.5) is 0 Å². The molecule has 0 amide bonds. The molecule has 0 bridgehead atoms. The molecule has 0 spiro atoms. The lowest BCUT2D eigenvalue weighted by molar-refractivity contribution is 0.340. The second kappa shape index (κ2) is 7.54. The predicted molar refractivity (Wildman–Crippen MR) is 39.7 cm³/mol. The molecule has 0 N–H and O–H groups in total. The minimum atomic E-state index is 1.13. The van der Waals surface area contributed by atoms with Gasteiger partial charge in [-0.3, -0.25) is 0 Å². The normalized spacial score (nSPS) is 10.4. The SMILES string of the molecule is C[CH]O/C=C/CCCC. The summed E-state index contributed by atoms with van der Waals surface area (Å²) in [5.74, 6) is 0. The van der Waals surface area contributed by atoms with E-state index in [1.807, 2.05) is 13.0 Å². The minimum Gasteiger partial charge on any atom is -0.495 e. The lowest BCUT2D eigenvalue weighted by atomic mass is 10.2. The van der Waals surface area contributed by atoms with Crippen LogP contribution in [0, 0.1) is 6.61 Å². The van der Waals surface area contributed by atoms with Crippen LogP contribution in [0.1, 0.15) is 33.1 Å². The number of hydrogen-bond acceptors (Lipinski definition) is 1. The summed E-state index contributed by atoms with van der Waals surface area (Å²) < 4.78 is 4.87. The summed E-state index contributed by atoms with van der Waals surface area (Å²) in [6.45, 7) is 5.72. The maximum absolute atomic E-state index is 4.87. The third-order valence-electron chi connectivity index (χ3n) is 1.04. The summed E-state index contributed by atoms with van der Waals surface area (Å²) in [4.78, 5) is 0. The summed E-state index contributed by atoms with van der Waals surface area (Å²) in [7, 11) is 0. The zero-order valence-electron chi connectivity index (χ0n) is 6.26. The average Bonchev–Trinajstić information content (AvgIpc) is 1.89. The Labute approximate surface area is 57.7 Å². The second-order valence-electron chi connectivity index (χ2n) is 1.89. The molecular weight excluding hydrogens is 112 g/mol. The Morgan fingerprint density at radius 2 is 2.22 bits per heavy atom. The number of allylic oxidation sites excluding steroid dienone is 1. The fourth-order valence-electron chi connectivity index (χ4n) is 0.524. The van der Waals surface area contributed by atoms with Gasteiger partial charge >= 0.3 is 0 Å². The van der Waals surface area contributed by atoms with E-state index in [0.29, 0.717) is 0 Å². The Hall–Kier alpha value is -0.460. The van der Waals surface area contributed by atoms with Gasteiger partial charge in [-0.2, -0.15) is 0 Å². The van der Waals surface area contributed by atoms with Crippen molar-refractivity contribution in [2.45, 2.75) is 33.1 Å². The topological polar surface area (TPSA) is 9.23 Å². The van der Waals surface area contributed by atoms with Crippen molar-refractivity contribution in [2.75, 3.05) is 0 Å². The van der Waals surface area contributed by atoms with Gasteiger partial charge < -0.3 is 4.74 Å². The van der Waals surface area contributed by atoms with Gasteiger partial charge in [-0.1, -0.05) is 13.3 Å². The first-order valence-corrected chi connectivity index (χ1v) is 3.50. The van der Waals surface area contributed by atoms with E-state index in [2.05, 4.69) is 6.92 Å². The second-order valence-corrected chi connectivity index (χ2v) is 1.89. The monoisotopic (exact) mass is 127 g/mol. The molecule has 0 aliphatic carbocycles. The van der Waals surface area contributed by atoms with Gasteiger partial charge in [0.25, 0.3) is 0 Å². The zero-order valence-corrected chi connectivity index (χ0v) is 6.26. The molecule has 1 radical (unpaired) electrons. The van der Waals surface area contributed by atoms with E-state index in [0.717, 1.165) is 6.42 Å². The smallest absolute Gasteiger partial charge is 0.131 e. The van der Waals surface area contributed by atoms with Crippen LogP contribution in [0.5, 0.6) is 0 Å². The third-order valence-corrected chi connectivity index (χ3v) is 1.04. The quantitative estimate of drug-likeness (QED) is 0.407. The molecule has 0 aliphatic rings. The van der Waals surface area contributed by atoms with Crippen LogP contribution in [0.3, 0.4) is 0 Å². The largest absolute Gasteiger partial charge is 0.495 e. The van der Waals surface area contributed by atoms with Crippen molar-refractivity contribution in [1.29, 1.82) is 0 Å². The van der Waals surface area contributed by atoms with Gasteiger partial charge in [-0.15, -0.1) is 0 Å². The summed E-state index contributed by atoms with van der Waals surface area (Å²) in [5.41, 5.74) is 0. The lowest BCUT2D eigenvalue weighted by Crippen LogP contribution is -1.70. The Bertz CT molecular complexity index is 67.0. The molecule has 0 aromatic heterocycles. The van der Waals surface area contributed by atoms with Crippen molar-refractivity contribution in [2.24, 2.45) is 0 Å². The van der Waals surface area contributed by atoms with Gasteiger partial charge in [0.2, 0.25) is 0 Å². The summed E-state index contributed by atoms with van der Waals surface area (Å²) in [5, 5.41) is 0. The molecule has 0 aromatic rings. The highest BCUT2D eigenvalue weighted by Gasteiger charge is 1.76. The van der Waals surface area contributed by atoms with Crippen LogP contribution < -0.4 is 0 Å². The molecule has 0 aromatic carbocycles. The molecule has 53 valence electrons. The summed E-state index contributed by atoms with van der Waals surface area (Å²) >= 11 is 0. The fraction of sp³-hybridized carbons (Fsp3) is 0.625. The molecule has 0 heterocycles. The Balaban J connectivity index is 2.86. The summed E-state index contributed by atoms with van der Waals surface area (Å²) in [6.07, 6.45) is 7.41. The van der Waals surface area contributed by atoms with Crippen molar-refractivity contribution >= 4 is 0 Å². The Morgan fingerprint density at radius 1 is 1.44 bits per heavy atom. The van der Waals surface area contributed by atoms with Crippen molar-refractivity contribution < 1.29 is 4.74 Å². The van der Waals surface area contributed by atoms with Crippen LogP contribution in [-0.2, 0) is 4.74 Å². The number of hydrogen-bond donors (Lipinski definition) is 0. The van der Waals surface area contributed by atoms with Gasteiger partial charge in [0, 0.05) is 0 Å². The van der Waals surface area contributed by atoms with Crippen LogP contribution in [0.2, 0.25) is 0 Å². The van der Waals surface area contributed by atoms with Gasteiger partial charge in [0.1, 0.15) is 6.61 Å². The number of unbranched alkanes of at least 4 members (excludes halogenated alkanes) is 2. The van der Waals surface area contributed by atoms with Crippen LogP contribution in [-0.4, -0.2) is 0 Å². The van der Waals surface area contributed by atoms with Crippen molar-refractivity contribution in [1.82, 2.24) is 0 Å². The molecule has 0 atom stereocenters. The average molecular weight is 127 g/mol. The van der Waals surface area contributed by atoms with Crippen molar-refractivity contribution in [3.8, 4) is 0 Å². The molecule has 9 heavy (non-hydrogen) atoms. The molecule has 0 aliphatic heterocycles. The molecule has 0 saturated heterocycles. The van der Waals surface area contributed by atoms with E-state index in [1.165, 1.54) is 12.8 Å². The molecule has 0 saturated carbocycles. The maximum atomic E-state index is 4.87. The standard InChI is InChI=1S/C8H15O/c1-3-5-6-7-8-9-4-2/h4,7-8H,3,5-6H2,1-2H3/b8-7+. The lowest BCUT2D eigenvalue weighted by Gasteiger charge is -1.90. The van der Waals surface area contributed by atoms with E-state index in [-0.39, 0.29) is 0 Å². The van der Waals surface area contributed by atoms with Gasteiger partial charge in [0.15, 0.2) is 0 Å². The van der Waals surface area contributed by atoms with Crippen LogP contribution >= 0.6 is 0 Å². The van der Waals surface area contributed by atoms with Crippen molar-refractivity contribution in [3.63, 3.8) is 0 Å². The highest BCUT2D eigenvalue weighted by molar-refractivity contribution is 4.73. The van der Waals surface area contributed by atoms with Crippen LogP contribution in [0.25, 0.3) is 0 Å². The minimum absolute atomic E-state index is 1.13. The first-order chi connectivity index (χ1) is 4.41. The van der Waals surface area contributed by atoms with Gasteiger partial charge in [-0.25, -0.2) is 0 Å². The molecular formula is C8H15O. The fourth-order valence-corrected chi connectivity index (χ4v) is 0.524. The van der Waals surface area contributed by atoms with Gasteiger partial charge in [-0.05, 0) is 25.8 Å². The molecule has 0 unspecified atom stereocenters. The van der Waals surface area contributed by atoms with E-state index in [9.17, 15) is 0 Å². The Morgan fingerprint density at radius 3 is 2.78 bits per heavy atom. The number of rotatable bonds is 5. The predicted octanol–water partition coefficient (Wildman–Crippen LogP) is 2.89. The van der Waals surface area contributed by atoms with E-state index in [1.54, 1.807) is 12.9 Å². The molecule has 1 heteroatoms. The zero-order chi connectivity index (χ0) is 6.95. The highest BCUT2D eigenvalue weighted by atomic mass is 16.5. The van der Waals surface area contributed by atoms with Gasteiger partial charge in [0.05, 0.1) is 6.26 Å². The maximum Gasteiger partial charge on any atom is 0.131 e. The molecule has 1 nitrogen and oxygen atoms in total. The van der Waals surface area contributed by atoms with Crippen LogP contribution in [0.15, 0.2) is 12.3 Å². The molecule has 0 fully saturated rings. The Kier molecular flexibility index (Phi) is 7.15. The highest BCUT2D eigenvalue weighted by Crippen LogP contribution is 1.94. The molecule has 0 rings (SSSR count). The van der Waals surface area contributed by atoms with E-state index < -0.39 is 0 Å². The van der Waals surface area contributed by atoms with Crippen molar-refractivity contribution in [3.05, 3.63) is 18.9 Å². The van der Waals surface area contributed by atoms with E-state index >= 15 is 0 Å². The third kappa shape index (κ3) is 7.54. The first kappa shape index (κ1) is 8.54. The van der Waals surface area contributed by atoms with E-state index in [4.69, 9.17) is 4.74 Å².